The molecule has 0 saturated heterocycles. The summed E-state index contributed by atoms with van der Waals surface area (Å²) < 4.78 is 7.62. The Morgan fingerprint density at radius 2 is 1.93 bits per heavy atom. The Morgan fingerprint density at radius 3 is 2.40 bits per heavy atom. The zero-order valence-electron chi connectivity index (χ0n) is 6.77. The minimum absolute atomic E-state index is 0.167. The molecule has 0 radical (unpaired) electrons. The largest absolute Gasteiger partial charge is 0.239 e. The van der Waals surface area contributed by atoms with E-state index >= 15 is 0 Å². The Labute approximate surface area is 108 Å². The molecule has 0 aromatic rings. The van der Waals surface area contributed by atoms with Crippen LogP contribution in [0.15, 0.2) is 20.1 Å². The summed E-state index contributed by atoms with van der Waals surface area (Å²) in [4.78, 5) is 3.22. The average molecular weight is 295 g/mol. The first-order chi connectivity index (χ1) is 7.28. The predicted octanol–water partition coefficient (Wildman–Crippen LogP) is 3.83. The SMILES string of the molecule is [C-]#[N+]C1=C(C#N)C(=NSCl)SC1=NSCl. The molecule has 1 rings (SSSR count). The molecule has 15 heavy (non-hydrogen) atoms. The Hall–Kier alpha value is -0.310. The van der Waals surface area contributed by atoms with E-state index in [4.69, 9.17) is 33.2 Å². The number of hydrogen-bond donors (Lipinski definition) is 0. The van der Waals surface area contributed by atoms with Gasteiger partial charge >= 0.3 is 0 Å². The Kier molecular flexibility index (Phi) is 5.37. The van der Waals surface area contributed by atoms with Crippen LogP contribution in [0, 0.1) is 17.9 Å². The molecule has 0 atom stereocenters. The highest BCUT2D eigenvalue weighted by Crippen LogP contribution is 2.34. The van der Waals surface area contributed by atoms with Crippen LogP contribution in [-0.2, 0) is 0 Å². The molecule has 1 aliphatic heterocycles. The molecule has 0 aromatic heterocycles. The van der Waals surface area contributed by atoms with Gasteiger partial charge < -0.3 is 0 Å². The lowest BCUT2D eigenvalue weighted by molar-refractivity contribution is 1.51. The molecule has 9 heteroatoms. The Morgan fingerprint density at radius 1 is 1.33 bits per heavy atom. The van der Waals surface area contributed by atoms with Crippen molar-refractivity contribution in [1.82, 2.24) is 0 Å². The van der Waals surface area contributed by atoms with Crippen LogP contribution in [0.3, 0.4) is 0 Å². The van der Waals surface area contributed by atoms with Gasteiger partial charge in [0.25, 0.3) is 0 Å². The highest BCUT2D eigenvalue weighted by molar-refractivity contribution is 8.30. The molecule has 0 saturated carbocycles. The summed E-state index contributed by atoms with van der Waals surface area (Å²) in [6, 6.07) is 1.90. The summed E-state index contributed by atoms with van der Waals surface area (Å²) in [6.07, 6.45) is 0. The molecular formula is C6Cl2N4S3. The maximum atomic E-state index is 8.86. The molecule has 0 unspecified atom stereocenters. The van der Waals surface area contributed by atoms with E-state index in [1.54, 1.807) is 0 Å². The quantitative estimate of drug-likeness (QED) is 0.574. The first kappa shape index (κ1) is 12.8. The van der Waals surface area contributed by atoms with Crippen LogP contribution in [0.25, 0.3) is 4.85 Å². The molecule has 0 aliphatic carbocycles. The number of thioether (sulfide) groups is 1. The van der Waals surface area contributed by atoms with Crippen LogP contribution in [0.1, 0.15) is 0 Å². The molecule has 0 aromatic carbocycles. The van der Waals surface area contributed by atoms with Crippen LogP contribution in [-0.4, -0.2) is 10.1 Å². The molecule has 0 spiro atoms. The van der Waals surface area contributed by atoms with Gasteiger partial charge in [-0.3, -0.25) is 0 Å². The third kappa shape index (κ3) is 2.83. The molecular weight excluding hydrogens is 295 g/mol. The first-order valence-electron chi connectivity index (χ1n) is 3.20. The van der Waals surface area contributed by atoms with Gasteiger partial charge in [0.1, 0.15) is 10.1 Å². The van der Waals surface area contributed by atoms with E-state index in [9.17, 15) is 0 Å². The van der Waals surface area contributed by atoms with Gasteiger partial charge in [0.2, 0.25) is 5.70 Å². The van der Waals surface area contributed by atoms with Gasteiger partial charge in [0.05, 0.1) is 40.5 Å². The summed E-state index contributed by atoms with van der Waals surface area (Å²) in [6.45, 7) is 6.94. The van der Waals surface area contributed by atoms with Crippen molar-refractivity contribution in [2.45, 2.75) is 0 Å². The van der Waals surface area contributed by atoms with Gasteiger partial charge in [-0.25, -0.2) is 9.24 Å². The topological polar surface area (TPSA) is 52.9 Å². The molecule has 1 heterocycles. The molecule has 0 N–H and O–H groups in total. The molecule has 4 nitrogen and oxygen atoms in total. The van der Waals surface area contributed by atoms with E-state index in [2.05, 4.69) is 13.6 Å². The fraction of sp³-hybridized carbons (Fsp3) is 0. The summed E-state index contributed by atoms with van der Waals surface area (Å²) in [5.41, 5.74) is 0.354. The zero-order valence-corrected chi connectivity index (χ0v) is 10.7. The number of halogens is 2. The molecule has 1 aliphatic rings. The van der Waals surface area contributed by atoms with Gasteiger partial charge in [-0.15, -0.1) is 0 Å². The smallest absolute Gasteiger partial charge is 0.234 e. The van der Waals surface area contributed by atoms with Gasteiger partial charge in [-0.2, -0.15) is 9.66 Å². The highest BCUT2D eigenvalue weighted by atomic mass is 35.7. The molecule has 76 valence electrons. The van der Waals surface area contributed by atoms with E-state index in [0.29, 0.717) is 32.4 Å². The van der Waals surface area contributed by atoms with Gasteiger partial charge in [0, 0.05) is 0 Å². The fourth-order valence-corrected chi connectivity index (χ4v) is 2.95. The number of nitrogens with zero attached hydrogens (tertiary/aromatic N) is 4. The third-order valence-electron chi connectivity index (χ3n) is 1.31. The lowest BCUT2D eigenvalue weighted by Gasteiger charge is -1.91. The van der Waals surface area contributed by atoms with E-state index in [-0.39, 0.29) is 11.3 Å². The fourth-order valence-electron chi connectivity index (χ4n) is 0.792. The monoisotopic (exact) mass is 294 g/mol. The summed E-state index contributed by atoms with van der Waals surface area (Å²) in [7, 11) is 10.7. The molecule has 0 amide bonds. The van der Waals surface area contributed by atoms with Crippen LogP contribution in [0.2, 0.25) is 0 Å². The molecule has 0 bridgehead atoms. The van der Waals surface area contributed by atoms with Gasteiger partial charge in [-0.1, -0.05) is 11.8 Å². The maximum Gasteiger partial charge on any atom is 0.239 e. The van der Waals surface area contributed by atoms with Crippen molar-refractivity contribution in [2.24, 2.45) is 8.80 Å². The molecule has 0 fully saturated rings. The average Bonchev–Trinajstić information content (AvgIpc) is 2.56. The number of nitriles is 1. The standard InChI is InChI=1S/C6Cl2N4S3/c1-10-4-3(2-9)5(11-14-7)13-6(4)12-15-8. The van der Waals surface area contributed by atoms with Gasteiger partial charge in [-0.05, 0) is 21.4 Å². The van der Waals surface area contributed by atoms with Crippen LogP contribution in [0.5, 0.6) is 0 Å². The van der Waals surface area contributed by atoms with Crippen molar-refractivity contribution in [1.29, 1.82) is 5.26 Å². The van der Waals surface area contributed by atoms with Crippen LogP contribution in [0.4, 0.5) is 0 Å². The van der Waals surface area contributed by atoms with Crippen molar-refractivity contribution in [2.75, 3.05) is 0 Å². The van der Waals surface area contributed by atoms with E-state index < -0.39 is 0 Å². The summed E-state index contributed by atoms with van der Waals surface area (Å²) in [5.74, 6) is 0. The second-order valence-electron chi connectivity index (χ2n) is 1.98. The van der Waals surface area contributed by atoms with Crippen molar-refractivity contribution in [3.63, 3.8) is 0 Å². The first-order valence-corrected chi connectivity index (χ1v) is 7.22. The lowest BCUT2D eigenvalue weighted by Crippen LogP contribution is -1.88. The van der Waals surface area contributed by atoms with Crippen molar-refractivity contribution in [3.05, 3.63) is 22.7 Å². The van der Waals surface area contributed by atoms with Gasteiger partial charge in [0.15, 0.2) is 0 Å². The van der Waals surface area contributed by atoms with Crippen LogP contribution >= 0.6 is 55.4 Å². The minimum Gasteiger partial charge on any atom is -0.234 e. The summed E-state index contributed by atoms with van der Waals surface area (Å²) >= 11 is 2.52. The highest BCUT2D eigenvalue weighted by Gasteiger charge is 2.29. The van der Waals surface area contributed by atoms with E-state index in [1.165, 1.54) is 0 Å². The lowest BCUT2D eigenvalue weighted by atomic mass is 10.2. The van der Waals surface area contributed by atoms with Crippen molar-refractivity contribution in [3.8, 4) is 6.07 Å². The predicted molar refractivity (Wildman–Crippen MR) is 68.6 cm³/mol. The number of hydrogen-bond acceptors (Lipinski definition) is 6. The van der Waals surface area contributed by atoms with E-state index in [1.807, 2.05) is 6.07 Å². The van der Waals surface area contributed by atoms with Crippen molar-refractivity contribution >= 4 is 65.5 Å². The van der Waals surface area contributed by atoms with Crippen LogP contribution < -0.4 is 0 Å². The maximum absolute atomic E-state index is 8.86. The zero-order chi connectivity index (χ0) is 11.3. The minimum atomic E-state index is 0.167. The normalized spacial score (nSPS) is 20.8. The Bertz CT molecular complexity index is 402. The summed E-state index contributed by atoms with van der Waals surface area (Å²) in [5, 5.41) is 9.62. The second kappa shape index (κ2) is 6.31. The third-order valence-corrected chi connectivity index (χ3v) is 3.42. The van der Waals surface area contributed by atoms with E-state index in [0.717, 1.165) is 11.8 Å². The second-order valence-corrected chi connectivity index (χ2v) is 4.43. The number of rotatable bonds is 2. The Balaban J connectivity index is 3.24. The van der Waals surface area contributed by atoms with Crippen molar-refractivity contribution < 1.29 is 0 Å².